The average Bonchev–Trinajstić information content (AvgIpc) is 3.28. The molecule has 306 valence electrons. The van der Waals surface area contributed by atoms with Crippen LogP contribution >= 0.6 is 23.2 Å². The minimum atomic E-state index is -1.26. The van der Waals surface area contributed by atoms with Gasteiger partial charge in [-0.15, -0.1) is 0 Å². The summed E-state index contributed by atoms with van der Waals surface area (Å²) in [6.45, 7) is 2.57. The number of aliphatic carboxylic acids is 1. The third-order valence-electron chi connectivity index (χ3n) is 10.9. The zero-order chi connectivity index (χ0) is 42.6. The van der Waals surface area contributed by atoms with Crippen molar-refractivity contribution < 1.29 is 33.7 Å². The molecule has 0 fully saturated rings. The van der Waals surface area contributed by atoms with E-state index in [9.17, 15) is 19.5 Å². The molecule has 0 saturated heterocycles. The highest BCUT2D eigenvalue weighted by molar-refractivity contribution is 6.42. The van der Waals surface area contributed by atoms with E-state index in [1.54, 1.807) is 36.4 Å². The normalized spacial score (nSPS) is 15.8. The summed E-state index contributed by atoms with van der Waals surface area (Å²) in [6, 6.07) is 38.2. The summed E-state index contributed by atoms with van der Waals surface area (Å²) in [7, 11) is 0. The highest BCUT2D eigenvalue weighted by atomic mass is 35.5. The van der Waals surface area contributed by atoms with Crippen LogP contribution in [0.3, 0.4) is 0 Å². The Morgan fingerprint density at radius 3 is 2.18 bits per heavy atom. The van der Waals surface area contributed by atoms with Gasteiger partial charge in [0.2, 0.25) is 5.91 Å². The predicted octanol–water partition coefficient (Wildman–Crippen LogP) is 9.31. The number of rotatable bonds is 11. The smallest absolute Gasteiger partial charge is 0.326 e. The fourth-order valence-electron chi connectivity index (χ4n) is 7.47. The van der Waals surface area contributed by atoms with E-state index in [2.05, 4.69) is 11.4 Å². The van der Waals surface area contributed by atoms with Crippen molar-refractivity contribution in [3.63, 3.8) is 0 Å². The van der Waals surface area contributed by atoms with E-state index in [1.807, 2.05) is 97.9 Å². The van der Waals surface area contributed by atoms with Gasteiger partial charge in [0.25, 0.3) is 5.91 Å². The standard InChI is InChI=1S/C49H39Cl2N3O7/c1-29-2-9-36(10-3-29)48(56)54-26-38-24-45-44(60-28-46(61-45)35-15-17-39(18-16-35)59-27-32-8-19-40(50)41(51)20-32)23-37(38)22-43(54)47(55)53-42(49(57)58)21-30-4-11-33(12-5-30)34-13-6-31(25-52)7-14-34/h2-20,23-24,42-43,46H,21-22,26-28H2,1H3,(H,53,55)(H,57,58). The van der Waals surface area contributed by atoms with Gasteiger partial charge >= 0.3 is 5.97 Å². The Hall–Kier alpha value is -6.80. The molecule has 2 amide bonds. The number of hydrogen-bond donors (Lipinski definition) is 2. The van der Waals surface area contributed by atoms with Gasteiger partial charge in [-0.25, -0.2) is 4.79 Å². The lowest BCUT2D eigenvalue weighted by molar-refractivity contribution is -0.142. The van der Waals surface area contributed by atoms with Gasteiger partial charge in [0.15, 0.2) is 17.6 Å². The lowest BCUT2D eigenvalue weighted by atomic mass is 9.91. The Labute approximate surface area is 362 Å². The maximum Gasteiger partial charge on any atom is 0.326 e. The first-order valence-corrected chi connectivity index (χ1v) is 20.4. The lowest BCUT2D eigenvalue weighted by Gasteiger charge is -2.37. The van der Waals surface area contributed by atoms with Crippen molar-refractivity contribution >= 4 is 41.0 Å². The zero-order valence-corrected chi connectivity index (χ0v) is 34.5. The number of ether oxygens (including phenoxy) is 3. The molecule has 3 atom stereocenters. The maximum atomic E-state index is 14.2. The third-order valence-corrected chi connectivity index (χ3v) is 11.7. The van der Waals surface area contributed by atoms with E-state index in [0.717, 1.165) is 38.9 Å². The van der Waals surface area contributed by atoms with E-state index in [1.165, 1.54) is 4.90 Å². The molecular weight excluding hydrogens is 813 g/mol. The van der Waals surface area contributed by atoms with Crippen LogP contribution in [0.15, 0.2) is 127 Å². The molecule has 2 aliphatic heterocycles. The summed E-state index contributed by atoms with van der Waals surface area (Å²) in [5.41, 5.74) is 7.82. The minimum Gasteiger partial charge on any atom is -0.489 e. The molecule has 0 aromatic heterocycles. The largest absolute Gasteiger partial charge is 0.489 e. The van der Waals surface area contributed by atoms with Gasteiger partial charge in [0, 0.05) is 24.9 Å². The lowest BCUT2D eigenvalue weighted by Crippen LogP contribution is -2.56. The summed E-state index contributed by atoms with van der Waals surface area (Å²) in [6.07, 6.45) is -0.255. The number of halogens is 2. The molecule has 2 N–H and O–H groups in total. The average molecular weight is 853 g/mol. The number of carbonyl (C=O) groups is 3. The number of benzene rings is 6. The van der Waals surface area contributed by atoms with Crippen molar-refractivity contribution in [2.75, 3.05) is 6.61 Å². The molecule has 6 aromatic rings. The van der Waals surface area contributed by atoms with Crippen molar-refractivity contribution in [3.05, 3.63) is 182 Å². The second-order valence-electron chi connectivity index (χ2n) is 15.1. The zero-order valence-electron chi connectivity index (χ0n) is 32.9. The molecule has 61 heavy (non-hydrogen) atoms. The molecule has 2 aliphatic rings. The van der Waals surface area contributed by atoms with Crippen molar-refractivity contribution in [3.8, 4) is 34.4 Å². The van der Waals surface area contributed by atoms with Crippen LogP contribution in [0.4, 0.5) is 0 Å². The van der Waals surface area contributed by atoms with Crippen molar-refractivity contribution in [1.82, 2.24) is 10.2 Å². The van der Waals surface area contributed by atoms with Crippen LogP contribution in [0.5, 0.6) is 17.2 Å². The highest BCUT2D eigenvalue weighted by Crippen LogP contribution is 2.41. The van der Waals surface area contributed by atoms with Crippen LogP contribution in [0.25, 0.3) is 11.1 Å². The second kappa shape index (κ2) is 17.8. The molecule has 0 spiro atoms. The summed E-state index contributed by atoms with van der Waals surface area (Å²) < 4.78 is 18.6. The van der Waals surface area contributed by atoms with Crippen LogP contribution in [-0.4, -0.2) is 46.5 Å². The molecule has 0 saturated carbocycles. The molecule has 0 radical (unpaired) electrons. The van der Waals surface area contributed by atoms with E-state index >= 15 is 0 Å². The number of nitrogens with one attached hydrogen (secondary N) is 1. The first kappa shape index (κ1) is 41.0. The van der Waals surface area contributed by atoms with Gasteiger partial charge in [0.05, 0.1) is 21.7 Å². The molecule has 0 bridgehead atoms. The van der Waals surface area contributed by atoms with Crippen molar-refractivity contribution in [2.24, 2.45) is 0 Å². The molecular formula is C49H39Cl2N3O7. The molecule has 0 aliphatic carbocycles. The Kier molecular flexibility index (Phi) is 12.0. The quantitative estimate of drug-likeness (QED) is 0.132. The van der Waals surface area contributed by atoms with E-state index in [0.29, 0.717) is 50.6 Å². The fourth-order valence-corrected chi connectivity index (χ4v) is 7.79. The number of carbonyl (C=O) groups excluding carboxylic acids is 2. The first-order chi connectivity index (χ1) is 29.5. The van der Waals surface area contributed by atoms with Gasteiger partial charge in [-0.2, -0.15) is 5.26 Å². The number of amides is 2. The van der Waals surface area contributed by atoms with Crippen LogP contribution in [0.2, 0.25) is 10.0 Å². The number of fused-ring (bicyclic) bond motifs is 2. The van der Waals surface area contributed by atoms with Crippen LogP contribution in [0, 0.1) is 18.3 Å². The number of carboxylic acid groups (broad SMARTS) is 1. The summed E-state index contributed by atoms with van der Waals surface area (Å²) in [5.74, 6) is -0.435. The molecule has 12 heteroatoms. The van der Waals surface area contributed by atoms with E-state index < -0.39 is 30.1 Å². The number of nitrogens with zero attached hydrogens (tertiary/aromatic N) is 2. The Bertz CT molecular complexity index is 2650. The fraction of sp³-hybridized carbons (Fsp3) is 0.184. The van der Waals surface area contributed by atoms with Crippen LogP contribution in [-0.2, 0) is 35.6 Å². The number of aryl methyl sites for hydroxylation is 1. The van der Waals surface area contributed by atoms with Crippen LogP contribution < -0.4 is 19.5 Å². The van der Waals surface area contributed by atoms with Crippen molar-refractivity contribution in [2.45, 2.75) is 51.1 Å². The molecule has 2 heterocycles. The van der Waals surface area contributed by atoms with Crippen LogP contribution in [0.1, 0.15) is 55.4 Å². The molecule has 6 aromatic carbocycles. The van der Waals surface area contributed by atoms with Crippen molar-refractivity contribution in [1.29, 1.82) is 5.26 Å². The van der Waals surface area contributed by atoms with Gasteiger partial charge in [0.1, 0.15) is 31.0 Å². The Balaban J connectivity index is 0.983. The summed E-state index contributed by atoms with van der Waals surface area (Å²) >= 11 is 12.2. The predicted molar refractivity (Wildman–Crippen MR) is 231 cm³/mol. The monoisotopic (exact) mass is 851 g/mol. The Morgan fingerprint density at radius 1 is 0.836 bits per heavy atom. The Morgan fingerprint density at radius 2 is 1.51 bits per heavy atom. The van der Waals surface area contributed by atoms with Gasteiger partial charge in [-0.3, -0.25) is 9.59 Å². The van der Waals surface area contributed by atoms with Gasteiger partial charge in [-0.1, -0.05) is 95.5 Å². The number of carboxylic acids is 1. The summed E-state index contributed by atoms with van der Waals surface area (Å²) in [5, 5.41) is 23.1. The third kappa shape index (κ3) is 9.34. The topological polar surface area (TPSA) is 138 Å². The maximum absolute atomic E-state index is 14.2. The SMILES string of the molecule is Cc1ccc(C(=O)N2Cc3cc4c(cc3CC2C(=O)NC(Cc2ccc(-c3ccc(C#N)cc3)cc2)C(=O)O)OCC(c2ccc(OCc3ccc(Cl)c(Cl)c3)cc2)O4)cc1. The van der Waals surface area contributed by atoms with E-state index in [4.69, 9.17) is 42.7 Å². The second-order valence-corrected chi connectivity index (χ2v) is 15.9. The first-order valence-electron chi connectivity index (χ1n) is 19.6. The molecule has 10 nitrogen and oxygen atoms in total. The minimum absolute atomic E-state index is 0.0261. The molecule has 3 unspecified atom stereocenters. The van der Waals surface area contributed by atoms with Gasteiger partial charge in [-0.05, 0) is 107 Å². The van der Waals surface area contributed by atoms with E-state index in [-0.39, 0.29) is 31.9 Å². The summed E-state index contributed by atoms with van der Waals surface area (Å²) in [4.78, 5) is 42.4. The molecule has 8 rings (SSSR count). The number of hydrogen-bond acceptors (Lipinski definition) is 7. The number of nitriles is 1. The van der Waals surface area contributed by atoms with Gasteiger partial charge < -0.3 is 29.5 Å². The highest BCUT2D eigenvalue weighted by Gasteiger charge is 2.38.